The first-order valence-electron chi connectivity index (χ1n) is 33.4. The Labute approximate surface area is 584 Å². The Morgan fingerprint density at radius 1 is 0.588 bits per heavy atom. The fourth-order valence-corrected chi connectivity index (χ4v) is 17.8. The molecule has 0 spiro atoms. The fourth-order valence-electron chi connectivity index (χ4n) is 17.3. The molecule has 0 bridgehead atoms. The van der Waals surface area contributed by atoms with E-state index in [1.54, 1.807) is 6.92 Å². The molecule has 16 N–H and O–H groups in total. The number of Topliss-reactive ketones (excluding diaryl/α,β-unsaturated/α-hetero) is 1. The molecular formula is C62H101NaO33S. The van der Waals surface area contributed by atoms with Gasteiger partial charge < -0.3 is 143 Å². The number of ketones is 1. The largest absolute Gasteiger partial charge is 1.00 e. The van der Waals surface area contributed by atoms with Crippen LogP contribution in [0, 0.1) is 40.4 Å². The second kappa shape index (κ2) is 31.7. The Kier molecular flexibility index (Phi) is 26.2. The summed E-state index contributed by atoms with van der Waals surface area (Å²) in [6.45, 7) is 11.4. The maximum Gasteiger partial charge on any atom is 1.00 e. The molecule has 0 radical (unpaired) electrons. The zero-order valence-corrected chi connectivity index (χ0v) is 58.7. The van der Waals surface area contributed by atoms with Crippen molar-refractivity contribution >= 4 is 16.2 Å². The molecule has 0 aromatic heterocycles. The molecule has 0 unspecified atom stereocenters. The summed E-state index contributed by atoms with van der Waals surface area (Å²) >= 11 is 0. The van der Waals surface area contributed by atoms with Gasteiger partial charge in [0.1, 0.15) is 128 Å². The Morgan fingerprint density at radius 3 is 1.70 bits per heavy atom. The molecule has 4 aliphatic carbocycles. The van der Waals surface area contributed by atoms with E-state index in [4.69, 9.17) is 61.0 Å². The summed E-state index contributed by atoms with van der Waals surface area (Å²) in [5.41, 5.74) is -1.41. The number of hydrogen-bond donors (Lipinski definition) is 16. The van der Waals surface area contributed by atoms with E-state index in [0.717, 1.165) is 5.57 Å². The number of ether oxygens (including phenoxy) is 12. The average molecular weight is 1430 g/mol. The van der Waals surface area contributed by atoms with E-state index in [0.29, 0.717) is 32.1 Å². The van der Waals surface area contributed by atoms with Gasteiger partial charge in [-0.05, 0) is 113 Å². The van der Waals surface area contributed by atoms with Gasteiger partial charge in [0.05, 0.1) is 55.9 Å². The van der Waals surface area contributed by atoms with Gasteiger partial charge in [-0.3, -0.25) is 8.98 Å². The van der Waals surface area contributed by atoms with E-state index < -0.39 is 243 Å². The minimum Gasteiger partial charge on any atom is -0.726 e. The summed E-state index contributed by atoms with van der Waals surface area (Å²) in [7, 11) is -5.16. The standard InChI is InChI=1S/C62H102O33S.Na/c1-22(2)15-26(65)18-62(8,79)36-10-9-29-28-17-32(31-16-27(95-96(80,81)82)11-13-60(31,6)30(28)12-14-61(29,36)7)87-57-49(78)51(38(67)24(4)85-57)92-58-52(93-54-46(75)42(71)37(66)23(3)84-54)41(70)35(21-83-58)90-59-53(44(73)40(69)34(20-64)89-59)94-55-48(77)45(74)50(25(5)86-55)91-56-47(76)43(72)39(68)33(19-63)88-56;/h12,22-25,27-29,31-59,63-64,66-79H,9-11,13-21H2,1-8H3,(H,80,81,82);/q;+1/p-1/t23-,24-,25-,27+,28+,29+,31-,32+,33-,34-,35-,36+,37-,38-,39+,40+,41+,42+,43+,44+,45-,46-,47-,48-,49-,50+,51+,52-,53-,54+,55+,56+,57+,58+,59+,60-,61+,62-;/m1./s1. The normalized spacial score (nSPS) is 51.1. The first kappa shape index (κ1) is 80.3. The number of hydrogen-bond acceptors (Lipinski definition) is 33. The summed E-state index contributed by atoms with van der Waals surface area (Å²) in [5.74, 6) is -1.00. The third kappa shape index (κ3) is 16.3. The molecule has 0 amide bonds. The molecule has 35 heteroatoms. The van der Waals surface area contributed by atoms with E-state index in [1.807, 2.05) is 20.8 Å². The molecule has 554 valence electrons. The summed E-state index contributed by atoms with van der Waals surface area (Å²) in [6, 6.07) is 0. The topological polar surface area (TPSA) is 518 Å². The Bertz CT molecular complexity index is 2760. The number of fused-ring (bicyclic) bond motifs is 5. The average Bonchev–Trinajstić information content (AvgIpc) is 1.69. The molecule has 3 saturated carbocycles. The van der Waals surface area contributed by atoms with E-state index in [2.05, 4.69) is 13.0 Å². The monoisotopic (exact) mass is 1430 g/mol. The van der Waals surface area contributed by atoms with Crippen molar-refractivity contribution in [3.63, 3.8) is 0 Å². The van der Waals surface area contributed by atoms with Crippen LogP contribution in [-0.4, -0.2) is 316 Å². The Morgan fingerprint density at radius 2 is 1.09 bits per heavy atom. The quantitative estimate of drug-likeness (QED) is 0.0220. The summed E-state index contributed by atoms with van der Waals surface area (Å²) in [6.07, 6.45) is -48.5. The van der Waals surface area contributed by atoms with Gasteiger partial charge in [-0.2, -0.15) is 0 Å². The molecule has 0 aromatic carbocycles. The van der Waals surface area contributed by atoms with Crippen LogP contribution in [0.4, 0.5) is 0 Å². The van der Waals surface area contributed by atoms with Gasteiger partial charge in [-0.1, -0.05) is 39.3 Å². The molecular weight excluding hydrogens is 1330 g/mol. The zero-order chi connectivity index (χ0) is 70.3. The van der Waals surface area contributed by atoms with Crippen molar-refractivity contribution in [2.45, 2.75) is 309 Å². The third-order valence-corrected chi connectivity index (χ3v) is 22.9. The minimum atomic E-state index is -5.16. The Balaban J connectivity index is 0.0000110. The van der Waals surface area contributed by atoms with Gasteiger partial charge in [0.15, 0.2) is 37.7 Å². The van der Waals surface area contributed by atoms with Crippen molar-refractivity contribution in [1.82, 2.24) is 0 Å². The Hall–Kier alpha value is -0.840. The first-order chi connectivity index (χ1) is 44.9. The number of allylic oxidation sites excluding steroid dienone is 2. The van der Waals surface area contributed by atoms with Crippen LogP contribution in [0.2, 0.25) is 0 Å². The van der Waals surface area contributed by atoms with Crippen LogP contribution in [-0.2, 0) is 76.2 Å². The molecule has 6 aliphatic heterocycles. The van der Waals surface area contributed by atoms with E-state index >= 15 is 0 Å². The number of rotatable bonds is 21. The third-order valence-electron chi connectivity index (χ3n) is 22.4. The molecule has 10 rings (SSSR count). The van der Waals surface area contributed by atoms with Crippen LogP contribution >= 0.6 is 0 Å². The van der Waals surface area contributed by atoms with Crippen LogP contribution in [0.1, 0.15) is 113 Å². The second-order valence-electron chi connectivity index (χ2n) is 29.5. The maximum atomic E-state index is 13.3. The van der Waals surface area contributed by atoms with Crippen molar-refractivity contribution in [3.8, 4) is 0 Å². The van der Waals surface area contributed by atoms with Gasteiger partial charge in [0, 0.05) is 12.8 Å². The number of carbonyl (C=O) groups is 1. The van der Waals surface area contributed by atoms with Crippen LogP contribution in [0.5, 0.6) is 0 Å². The summed E-state index contributed by atoms with van der Waals surface area (Å²) < 4.78 is 114. The predicted molar refractivity (Wildman–Crippen MR) is 316 cm³/mol. The van der Waals surface area contributed by atoms with E-state index in [-0.39, 0.29) is 84.7 Å². The van der Waals surface area contributed by atoms with Crippen molar-refractivity contribution < 1.29 is 190 Å². The smallest absolute Gasteiger partial charge is 0.726 e. The van der Waals surface area contributed by atoms with Gasteiger partial charge in [0.2, 0.25) is 10.4 Å². The van der Waals surface area contributed by atoms with Gasteiger partial charge in [0.25, 0.3) is 0 Å². The number of aliphatic hydroxyl groups excluding tert-OH is 15. The van der Waals surface area contributed by atoms with Crippen molar-refractivity contribution in [1.29, 1.82) is 0 Å². The number of aliphatic hydroxyl groups is 16. The molecule has 38 atom stereocenters. The summed E-state index contributed by atoms with van der Waals surface area (Å²) in [4.78, 5) is 13.3. The van der Waals surface area contributed by atoms with Crippen LogP contribution in [0.3, 0.4) is 0 Å². The molecule has 9 fully saturated rings. The molecule has 0 aromatic rings. The van der Waals surface area contributed by atoms with Crippen LogP contribution in [0.15, 0.2) is 11.6 Å². The molecule has 97 heavy (non-hydrogen) atoms. The van der Waals surface area contributed by atoms with Crippen molar-refractivity contribution in [3.05, 3.63) is 11.6 Å². The zero-order valence-electron chi connectivity index (χ0n) is 55.9. The van der Waals surface area contributed by atoms with Gasteiger partial charge >= 0.3 is 29.6 Å². The van der Waals surface area contributed by atoms with Crippen molar-refractivity contribution in [2.75, 3.05) is 19.8 Å². The maximum absolute atomic E-state index is 13.3. The van der Waals surface area contributed by atoms with Gasteiger partial charge in [-0.25, -0.2) is 8.42 Å². The minimum absolute atomic E-state index is 0. The molecule has 33 nitrogen and oxygen atoms in total. The van der Waals surface area contributed by atoms with E-state index in [9.17, 15) is 99.5 Å². The molecule has 6 saturated heterocycles. The van der Waals surface area contributed by atoms with Crippen LogP contribution < -0.4 is 29.6 Å². The molecule has 10 aliphatic rings. The number of carbonyl (C=O) groups excluding carboxylic acids is 1. The fraction of sp³-hybridized carbons (Fsp3) is 0.952. The first-order valence-corrected chi connectivity index (χ1v) is 34.7. The van der Waals surface area contributed by atoms with Crippen LogP contribution in [0.25, 0.3) is 0 Å². The molecule has 6 heterocycles. The van der Waals surface area contributed by atoms with E-state index in [1.165, 1.54) is 20.8 Å². The SMILES string of the molecule is CC(C)CC(=O)C[C@@](C)(O)[C@H]1CC[C@H]2[C@@H]3C[C@H](O[C@@H]4O[C@H](C)[C@@H](O)[C@H](O[C@@H]5OC[C@@H](O[C@@H]6O[C@H](CO)[C@H](O)[C@H](O)[C@H]6O[C@@H]6O[C@H](C)[C@H](O[C@@H]7O[C@H](CO)[C@H](O)[C@H](O)[C@H]7O)[C@H](O)[C@H]6O)[C@H](O)[C@H]5O[C@@H]5O[C@H](C)[C@@H](O)[C@H](O)[C@H]5O)[C@H]4O)[C@H]4C[C@@H](OS(=O)(=O)[O-])CC[C@]4(C)C3=CC[C@@]21C.[Na+]. The summed E-state index contributed by atoms with van der Waals surface area (Å²) in [5, 5.41) is 179. The van der Waals surface area contributed by atoms with Crippen molar-refractivity contribution in [2.24, 2.45) is 40.4 Å². The van der Waals surface area contributed by atoms with Gasteiger partial charge in [-0.15, -0.1) is 0 Å². The predicted octanol–water partition coefficient (Wildman–Crippen LogP) is -8.19. The second-order valence-corrected chi connectivity index (χ2v) is 30.5.